The molecule has 5 heteroatoms. The Balaban J connectivity index is 2.26. The average Bonchev–Trinajstić information content (AvgIpc) is 2.47. The lowest BCUT2D eigenvalue weighted by Crippen LogP contribution is -2.40. The fourth-order valence-electron chi connectivity index (χ4n) is 2.67. The smallest absolute Gasteiger partial charge is 0.323 e. The van der Waals surface area contributed by atoms with Crippen molar-refractivity contribution in [1.29, 1.82) is 0 Å². The lowest BCUT2D eigenvalue weighted by Gasteiger charge is -2.31. The Morgan fingerprint density at radius 2 is 2.14 bits per heavy atom. The highest BCUT2D eigenvalue weighted by Crippen LogP contribution is 2.41. The van der Waals surface area contributed by atoms with E-state index in [0.29, 0.717) is 13.0 Å². The van der Waals surface area contributed by atoms with E-state index in [9.17, 15) is 14.7 Å². The van der Waals surface area contributed by atoms with Crippen molar-refractivity contribution in [2.24, 2.45) is 5.41 Å². The van der Waals surface area contributed by atoms with Crippen LogP contribution in [0.1, 0.15) is 38.2 Å². The molecule has 0 spiro atoms. The average molecular weight is 292 g/mol. The van der Waals surface area contributed by atoms with Gasteiger partial charge in [0.2, 0.25) is 0 Å². The molecule has 1 aliphatic heterocycles. The van der Waals surface area contributed by atoms with Crippen LogP contribution in [0.5, 0.6) is 5.75 Å². The molecule has 0 saturated carbocycles. The van der Waals surface area contributed by atoms with Crippen LogP contribution in [-0.2, 0) is 14.3 Å². The molecule has 1 aliphatic rings. The SMILES string of the molecule is CCOC(=O)C(C)(CC1CCOc2ccccc21)C(=O)O. The number of hydrogen-bond donors (Lipinski definition) is 1. The molecule has 2 unspecified atom stereocenters. The van der Waals surface area contributed by atoms with Gasteiger partial charge in [0.25, 0.3) is 0 Å². The van der Waals surface area contributed by atoms with Gasteiger partial charge in [-0.3, -0.25) is 9.59 Å². The summed E-state index contributed by atoms with van der Waals surface area (Å²) in [6, 6.07) is 7.56. The molecule has 0 saturated heterocycles. The van der Waals surface area contributed by atoms with Gasteiger partial charge in [-0.2, -0.15) is 0 Å². The molecule has 1 aromatic carbocycles. The van der Waals surface area contributed by atoms with E-state index in [0.717, 1.165) is 11.3 Å². The molecule has 0 aliphatic carbocycles. The molecule has 1 aromatic rings. The number of benzene rings is 1. The number of carboxylic acids is 1. The van der Waals surface area contributed by atoms with Gasteiger partial charge in [0.15, 0.2) is 5.41 Å². The van der Waals surface area contributed by atoms with E-state index in [4.69, 9.17) is 9.47 Å². The number of para-hydroxylation sites is 1. The Morgan fingerprint density at radius 1 is 1.43 bits per heavy atom. The molecular weight excluding hydrogens is 272 g/mol. The Labute approximate surface area is 123 Å². The highest BCUT2D eigenvalue weighted by molar-refractivity contribution is 5.98. The number of carboxylic acid groups (broad SMARTS) is 1. The third-order valence-electron chi connectivity index (χ3n) is 3.94. The van der Waals surface area contributed by atoms with Gasteiger partial charge in [0.05, 0.1) is 13.2 Å². The van der Waals surface area contributed by atoms with Crippen LogP contribution in [0.3, 0.4) is 0 Å². The summed E-state index contributed by atoms with van der Waals surface area (Å²) in [5.41, 5.74) is -0.578. The van der Waals surface area contributed by atoms with Crippen molar-refractivity contribution in [2.45, 2.75) is 32.6 Å². The first-order valence-corrected chi connectivity index (χ1v) is 7.11. The molecule has 0 bridgehead atoms. The summed E-state index contributed by atoms with van der Waals surface area (Å²) in [7, 11) is 0. The molecule has 1 N–H and O–H groups in total. The minimum Gasteiger partial charge on any atom is -0.493 e. The van der Waals surface area contributed by atoms with E-state index in [1.807, 2.05) is 24.3 Å². The van der Waals surface area contributed by atoms with Gasteiger partial charge in [-0.05, 0) is 44.2 Å². The summed E-state index contributed by atoms with van der Waals surface area (Å²) in [6.45, 7) is 3.81. The number of hydrogen-bond acceptors (Lipinski definition) is 4. The van der Waals surface area contributed by atoms with E-state index in [1.54, 1.807) is 6.92 Å². The first-order valence-electron chi connectivity index (χ1n) is 7.11. The summed E-state index contributed by atoms with van der Waals surface area (Å²) in [5.74, 6) is -1.09. The third-order valence-corrected chi connectivity index (χ3v) is 3.94. The van der Waals surface area contributed by atoms with Crippen LogP contribution in [0, 0.1) is 5.41 Å². The highest BCUT2D eigenvalue weighted by atomic mass is 16.5. The van der Waals surface area contributed by atoms with Crippen molar-refractivity contribution in [3.63, 3.8) is 0 Å². The van der Waals surface area contributed by atoms with Gasteiger partial charge in [-0.25, -0.2) is 0 Å². The summed E-state index contributed by atoms with van der Waals surface area (Å²) >= 11 is 0. The van der Waals surface area contributed by atoms with Crippen molar-refractivity contribution >= 4 is 11.9 Å². The molecule has 0 amide bonds. The van der Waals surface area contributed by atoms with E-state index in [2.05, 4.69) is 0 Å². The van der Waals surface area contributed by atoms with E-state index < -0.39 is 17.4 Å². The summed E-state index contributed by atoms with van der Waals surface area (Å²) in [4.78, 5) is 23.6. The zero-order chi connectivity index (χ0) is 15.5. The summed E-state index contributed by atoms with van der Waals surface area (Å²) in [6.07, 6.45) is 0.904. The minimum atomic E-state index is -1.54. The second kappa shape index (κ2) is 6.16. The molecule has 5 nitrogen and oxygen atoms in total. The zero-order valence-corrected chi connectivity index (χ0v) is 12.3. The zero-order valence-electron chi connectivity index (χ0n) is 12.3. The maximum Gasteiger partial charge on any atom is 0.323 e. The fourth-order valence-corrected chi connectivity index (χ4v) is 2.67. The number of carbonyl (C=O) groups is 2. The lowest BCUT2D eigenvalue weighted by atomic mass is 9.76. The van der Waals surface area contributed by atoms with Crippen LogP contribution in [0.15, 0.2) is 24.3 Å². The van der Waals surface area contributed by atoms with Gasteiger partial charge in [-0.15, -0.1) is 0 Å². The largest absolute Gasteiger partial charge is 0.493 e. The van der Waals surface area contributed by atoms with Crippen molar-refractivity contribution < 1.29 is 24.2 Å². The van der Waals surface area contributed by atoms with Gasteiger partial charge < -0.3 is 14.6 Å². The quantitative estimate of drug-likeness (QED) is 0.667. The lowest BCUT2D eigenvalue weighted by molar-refractivity contribution is -0.168. The van der Waals surface area contributed by atoms with Gasteiger partial charge in [-0.1, -0.05) is 18.2 Å². The molecule has 0 radical (unpaired) electrons. The molecule has 2 rings (SSSR count). The van der Waals surface area contributed by atoms with Crippen molar-refractivity contribution in [1.82, 2.24) is 0 Å². The minimum absolute atomic E-state index is 0.0274. The van der Waals surface area contributed by atoms with E-state index in [1.165, 1.54) is 6.92 Å². The van der Waals surface area contributed by atoms with Crippen molar-refractivity contribution in [3.8, 4) is 5.75 Å². The number of esters is 1. The summed E-state index contributed by atoms with van der Waals surface area (Å²) in [5, 5.41) is 9.48. The van der Waals surface area contributed by atoms with Crippen LogP contribution in [-0.4, -0.2) is 30.3 Å². The molecule has 0 aromatic heterocycles. The number of ether oxygens (including phenoxy) is 2. The molecule has 2 atom stereocenters. The number of carbonyl (C=O) groups excluding carboxylic acids is 1. The molecule has 114 valence electrons. The van der Waals surface area contributed by atoms with Crippen molar-refractivity contribution in [3.05, 3.63) is 29.8 Å². The van der Waals surface area contributed by atoms with Crippen LogP contribution >= 0.6 is 0 Å². The Hall–Kier alpha value is -2.04. The topological polar surface area (TPSA) is 72.8 Å². The maximum absolute atomic E-state index is 12.1. The van der Waals surface area contributed by atoms with Gasteiger partial charge >= 0.3 is 11.9 Å². The normalized spacial score (nSPS) is 19.8. The van der Waals surface area contributed by atoms with E-state index >= 15 is 0 Å². The maximum atomic E-state index is 12.1. The number of fused-ring (bicyclic) bond motifs is 1. The van der Waals surface area contributed by atoms with Crippen LogP contribution < -0.4 is 4.74 Å². The molecule has 0 fully saturated rings. The molecular formula is C16H20O5. The first kappa shape index (κ1) is 15.4. The second-order valence-corrected chi connectivity index (χ2v) is 5.43. The van der Waals surface area contributed by atoms with Crippen molar-refractivity contribution in [2.75, 3.05) is 13.2 Å². The number of aliphatic carboxylic acids is 1. The second-order valence-electron chi connectivity index (χ2n) is 5.43. The number of rotatable bonds is 5. The first-order chi connectivity index (χ1) is 9.99. The summed E-state index contributed by atoms with van der Waals surface area (Å²) < 4.78 is 10.5. The predicted molar refractivity (Wildman–Crippen MR) is 76.3 cm³/mol. The van der Waals surface area contributed by atoms with Gasteiger partial charge in [0.1, 0.15) is 5.75 Å². The highest BCUT2D eigenvalue weighted by Gasteiger charge is 2.45. The standard InChI is InChI=1S/C16H20O5/c1-3-20-15(19)16(2,14(17)18)10-11-8-9-21-13-7-5-4-6-12(11)13/h4-7,11H,3,8-10H2,1-2H3,(H,17,18). The van der Waals surface area contributed by atoms with Gasteiger partial charge in [0, 0.05) is 0 Å². The van der Waals surface area contributed by atoms with Crippen LogP contribution in [0.25, 0.3) is 0 Å². The fraction of sp³-hybridized carbons (Fsp3) is 0.500. The Bertz CT molecular complexity index is 539. The Kier molecular flexibility index (Phi) is 4.50. The van der Waals surface area contributed by atoms with Crippen LogP contribution in [0.4, 0.5) is 0 Å². The monoisotopic (exact) mass is 292 g/mol. The third kappa shape index (κ3) is 3.01. The van der Waals surface area contributed by atoms with Crippen LogP contribution in [0.2, 0.25) is 0 Å². The van der Waals surface area contributed by atoms with E-state index in [-0.39, 0.29) is 18.9 Å². The predicted octanol–water partition coefficient (Wildman–Crippen LogP) is 2.60. The Morgan fingerprint density at radius 3 is 2.81 bits per heavy atom. The molecule has 1 heterocycles. The molecule has 21 heavy (non-hydrogen) atoms.